The van der Waals surface area contributed by atoms with E-state index >= 15 is 0 Å². The standard InChI is InChI=1S/C11H12N2O/c1-3-8-7(2)4-5-9-10(8)11(14)13-6-12-9/h4-6H,3H2,1-2H3,(H,12,13,14). The summed E-state index contributed by atoms with van der Waals surface area (Å²) in [4.78, 5) is 18.4. The van der Waals surface area contributed by atoms with E-state index in [4.69, 9.17) is 0 Å². The van der Waals surface area contributed by atoms with Gasteiger partial charge in [0.1, 0.15) is 0 Å². The van der Waals surface area contributed by atoms with Crippen molar-refractivity contribution in [2.45, 2.75) is 20.3 Å². The minimum absolute atomic E-state index is 0.0458. The Bertz CT molecular complexity index is 528. The molecule has 0 aliphatic heterocycles. The maximum absolute atomic E-state index is 11.6. The van der Waals surface area contributed by atoms with E-state index in [2.05, 4.69) is 9.97 Å². The van der Waals surface area contributed by atoms with E-state index in [9.17, 15) is 4.79 Å². The molecule has 2 rings (SSSR count). The Morgan fingerprint density at radius 1 is 1.43 bits per heavy atom. The molecule has 1 aromatic heterocycles. The lowest BCUT2D eigenvalue weighted by Crippen LogP contribution is -2.09. The maximum Gasteiger partial charge on any atom is 0.258 e. The van der Waals surface area contributed by atoms with Gasteiger partial charge in [0.05, 0.1) is 17.2 Å². The molecule has 0 radical (unpaired) electrons. The lowest BCUT2D eigenvalue weighted by molar-refractivity contribution is 1.10. The molecule has 0 saturated heterocycles. The highest BCUT2D eigenvalue weighted by molar-refractivity contribution is 5.82. The van der Waals surface area contributed by atoms with Crippen LogP contribution in [0.2, 0.25) is 0 Å². The molecule has 1 N–H and O–H groups in total. The first-order chi connectivity index (χ1) is 6.74. The van der Waals surface area contributed by atoms with Crippen molar-refractivity contribution in [2.75, 3.05) is 0 Å². The number of hydrogen-bond donors (Lipinski definition) is 1. The third-order valence-electron chi connectivity index (χ3n) is 2.51. The Morgan fingerprint density at radius 2 is 2.21 bits per heavy atom. The predicted octanol–water partition coefficient (Wildman–Crippen LogP) is 1.79. The van der Waals surface area contributed by atoms with Gasteiger partial charge in [0.25, 0.3) is 5.56 Å². The summed E-state index contributed by atoms with van der Waals surface area (Å²) in [6.07, 6.45) is 2.30. The minimum atomic E-state index is -0.0458. The number of H-pyrrole nitrogens is 1. The summed E-state index contributed by atoms with van der Waals surface area (Å²) in [5.41, 5.74) is 2.97. The first-order valence-corrected chi connectivity index (χ1v) is 4.70. The molecular formula is C11H12N2O. The molecule has 0 aliphatic rings. The van der Waals surface area contributed by atoms with Gasteiger partial charge < -0.3 is 4.98 Å². The number of aromatic amines is 1. The highest BCUT2D eigenvalue weighted by Gasteiger charge is 2.06. The summed E-state index contributed by atoms with van der Waals surface area (Å²) in [5.74, 6) is 0. The van der Waals surface area contributed by atoms with Gasteiger partial charge in [-0.05, 0) is 30.5 Å². The smallest absolute Gasteiger partial charge is 0.258 e. The monoisotopic (exact) mass is 188 g/mol. The van der Waals surface area contributed by atoms with Gasteiger partial charge in [-0.15, -0.1) is 0 Å². The Balaban J connectivity index is 2.99. The molecule has 72 valence electrons. The van der Waals surface area contributed by atoms with Crippen LogP contribution in [0.4, 0.5) is 0 Å². The first-order valence-electron chi connectivity index (χ1n) is 4.70. The predicted molar refractivity (Wildman–Crippen MR) is 56.5 cm³/mol. The van der Waals surface area contributed by atoms with Crippen LogP contribution in [-0.2, 0) is 6.42 Å². The van der Waals surface area contributed by atoms with Crippen LogP contribution < -0.4 is 5.56 Å². The fourth-order valence-corrected chi connectivity index (χ4v) is 1.79. The van der Waals surface area contributed by atoms with E-state index in [1.807, 2.05) is 26.0 Å². The van der Waals surface area contributed by atoms with Crippen molar-refractivity contribution in [2.24, 2.45) is 0 Å². The molecule has 1 aromatic carbocycles. The Hall–Kier alpha value is -1.64. The number of benzene rings is 1. The minimum Gasteiger partial charge on any atom is -0.313 e. The molecule has 0 fully saturated rings. The van der Waals surface area contributed by atoms with E-state index in [0.29, 0.717) is 0 Å². The largest absolute Gasteiger partial charge is 0.313 e. The fraction of sp³-hybridized carbons (Fsp3) is 0.273. The normalized spacial score (nSPS) is 10.7. The maximum atomic E-state index is 11.6. The molecule has 1 heterocycles. The molecule has 14 heavy (non-hydrogen) atoms. The van der Waals surface area contributed by atoms with Crippen LogP contribution in [0.3, 0.4) is 0 Å². The van der Waals surface area contributed by atoms with Gasteiger partial charge in [-0.25, -0.2) is 4.98 Å². The van der Waals surface area contributed by atoms with Gasteiger partial charge in [0.15, 0.2) is 0 Å². The summed E-state index contributed by atoms with van der Waals surface area (Å²) >= 11 is 0. The van der Waals surface area contributed by atoms with E-state index in [0.717, 1.165) is 28.5 Å². The van der Waals surface area contributed by atoms with E-state index in [1.54, 1.807) is 0 Å². The summed E-state index contributed by atoms with van der Waals surface area (Å²) < 4.78 is 0. The second-order valence-corrected chi connectivity index (χ2v) is 3.34. The second kappa shape index (κ2) is 3.25. The molecule has 0 unspecified atom stereocenters. The SMILES string of the molecule is CCc1c(C)ccc2nc[nH]c(=O)c12. The van der Waals surface area contributed by atoms with E-state index < -0.39 is 0 Å². The lowest BCUT2D eigenvalue weighted by Gasteiger charge is -2.05. The lowest BCUT2D eigenvalue weighted by atomic mass is 10.0. The van der Waals surface area contributed by atoms with Gasteiger partial charge in [-0.1, -0.05) is 13.0 Å². The zero-order chi connectivity index (χ0) is 10.1. The molecule has 0 bridgehead atoms. The zero-order valence-corrected chi connectivity index (χ0v) is 8.29. The van der Waals surface area contributed by atoms with Crippen LogP contribution in [0.1, 0.15) is 18.1 Å². The van der Waals surface area contributed by atoms with Gasteiger partial charge in [-0.2, -0.15) is 0 Å². The van der Waals surface area contributed by atoms with Crippen LogP contribution in [0.15, 0.2) is 23.3 Å². The van der Waals surface area contributed by atoms with Crippen molar-refractivity contribution in [3.8, 4) is 0 Å². The zero-order valence-electron chi connectivity index (χ0n) is 8.29. The molecule has 0 amide bonds. The third-order valence-corrected chi connectivity index (χ3v) is 2.51. The Morgan fingerprint density at radius 3 is 2.93 bits per heavy atom. The van der Waals surface area contributed by atoms with Crippen molar-refractivity contribution in [3.63, 3.8) is 0 Å². The summed E-state index contributed by atoms with van der Waals surface area (Å²) in [6.45, 7) is 4.07. The Labute approximate surface area is 81.8 Å². The van der Waals surface area contributed by atoms with Crippen LogP contribution in [0.25, 0.3) is 10.9 Å². The van der Waals surface area contributed by atoms with Crippen molar-refractivity contribution < 1.29 is 0 Å². The highest BCUT2D eigenvalue weighted by atomic mass is 16.1. The van der Waals surface area contributed by atoms with E-state index in [-0.39, 0.29) is 5.56 Å². The van der Waals surface area contributed by atoms with Crippen molar-refractivity contribution >= 4 is 10.9 Å². The molecule has 0 aliphatic carbocycles. The van der Waals surface area contributed by atoms with Crippen molar-refractivity contribution in [3.05, 3.63) is 39.9 Å². The quantitative estimate of drug-likeness (QED) is 0.741. The number of hydrogen-bond acceptors (Lipinski definition) is 2. The van der Waals surface area contributed by atoms with Crippen molar-refractivity contribution in [1.29, 1.82) is 0 Å². The molecule has 2 aromatic rings. The Kier molecular flexibility index (Phi) is 2.08. The fourth-order valence-electron chi connectivity index (χ4n) is 1.79. The number of aryl methyl sites for hydroxylation is 2. The third kappa shape index (κ3) is 1.21. The summed E-state index contributed by atoms with van der Waals surface area (Å²) in [6, 6.07) is 3.90. The van der Waals surface area contributed by atoms with Crippen LogP contribution >= 0.6 is 0 Å². The molecule has 3 nitrogen and oxygen atoms in total. The number of aromatic nitrogens is 2. The van der Waals surface area contributed by atoms with Gasteiger partial charge in [0, 0.05) is 0 Å². The second-order valence-electron chi connectivity index (χ2n) is 3.34. The van der Waals surface area contributed by atoms with Gasteiger partial charge in [-0.3, -0.25) is 4.79 Å². The van der Waals surface area contributed by atoms with Crippen LogP contribution in [0.5, 0.6) is 0 Å². The highest BCUT2D eigenvalue weighted by Crippen LogP contribution is 2.17. The number of fused-ring (bicyclic) bond motifs is 1. The molecule has 3 heteroatoms. The molecular weight excluding hydrogens is 176 g/mol. The van der Waals surface area contributed by atoms with Crippen molar-refractivity contribution in [1.82, 2.24) is 9.97 Å². The summed E-state index contributed by atoms with van der Waals surface area (Å²) in [5, 5.41) is 0.731. The van der Waals surface area contributed by atoms with E-state index in [1.165, 1.54) is 6.33 Å². The molecule has 0 spiro atoms. The van der Waals surface area contributed by atoms with Gasteiger partial charge >= 0.3 is 0 Å². The topological polar surface area (TPSA) is 45.8 Å². The number of rotatable bonds is 1. The average molecular weight is 188 g/mol. The van der Waals surface area contributed by atoms with Crippen LogP contribution in [-0.4, -0.2) is 9.97 Å². The average Bonchev–Trinajstić information content (AvgIpc) is 2.19. The summed E-state index contributed by atoms with van der Waals surface area (Å²) in [7, 11) is 0. The molecule has 0 atom stereocenters. The number of nitrogens with zero attached hydrogens (tertiary/aromatic N) is 1. The van der Waals surface area contributed by atoms with Gasteiger partial charge in [0.2, 0.25) is 0 Å². The molecule has 0 saturated carbocycles. The first kappa shape index (κ1) is 8.94. The van der Waals surface area contributed by atoms with Crippen LogP contribution in [0, 0.1) is 6.92 Å². The number of nitrogens with one attached hydrogen (secondary N) is 1.